The van der Waals surface area contributed by atoms with E-state index in [-0.39, 0.29) is 11.0 Å². The topological polar surface area (TPSA) is 38.5 Å². The molecular formula is C14H28N2O. The lowest BCUT2D eigenvalue weighted by Crippen LogP contribution is -2.80. The summed E-state index contributed by atoms with van der Waals surface area (Å²) in [5, 5.41) is 0. The molecule has 1 saturated heterocycles. The summed E-state index contributed by atoms with van der Waals surface area (Å²) in [7, 11) is 2.17. The first kappa shape index (κ1) is 13.3. The summed E-state index contributed by atoms with van der Waals surface area (Å²) in [4.78, 5) is 2.37. The van der Waals surface area contributed by atoms with Gasteiger partial charge in [0, 0.05) is 36.1 Å². The molecule has 2 fully saturated rings. The molecule has 0 radical (unpaired) electrons. The largest absolute Gasteiger partial charge is 0.377 e. The van der Waals surface area contributed by atoms with Crippen LogP contribution in [0.4, 0.5) is 0 Å². The van der Waals surface area contributed by atoms with Crippen molar-refractivity contribution in [2.45, 2.75) is 58.2 Å². The predicted molar refractivity (Wildman–Crippen MR) is 70.9 cm³/mol. The minimum Gasteiger partial charge on any atom is -0.377 e. The molecule has 0 spiro atoms. The van der Waals surface area contributed by atoms with Crippen LogP contribution in [0, 0.1) is 11.3 Å². The first-order valence-electron chi connectivity index (χ1n) is 6.91. The van der Waals surface area contributed by atoms with Crippen LogP contribution in [0.2, 0.25) is 0 Å². The smallest absolute Gasteiger partial charge is 0.0690 e. The van der Waals surface area contributed by atoms with E-state index < -0.39 is 0 Å². The van der Waals surface area contributed by atoms with Crippen LogP contribution in [-0.2, 0) is 4.74 Å². The zero-order chi connectivity index (χ0) is 12.8. The van der Waals surface area contributed by atoms with Gasteiger partial charge in [0.2, 0.25) is 0 Å². The molecule has 3 atom stereocenters. The molecule has 2 aliphatic rings. The fourth-order valence-electron chi connectivity index (χ4n) is 3.58. The van der Waals surface area contributed by atoms with Crippen LogP contribution in [-0.4, -0.2) is 42.8 Å². The molecule has 100 valence electrons. The summed E-state index contributed by atoms with van der Waals surface area (Å²) < 4.78 is 5.93. The Bertz CT molecular complexity index is 290. The third-order valence-electron chi connectivity index (χ3n) is 5.29. The van der Waals surface area contributed by atoms with Crippen molar-refractivity contribution in [2.75, 3.05) is 20.2 Å². The Morgan fingerprint density at radius 3 is 2.65 bits per heavy atom. The average Bonchev–Trinajstić information content (AvgIpc) is 2.28. The lowest BCUT2D eigenvalue weighted by Gasteiger charge is -2.67. The summed E-state index contributed by atoms with van der Waals surface area (Å²) >= 11 is 0. The fraction of sp³-hybridized carbons (Fsp3) is 1.00. The van der Waals surface area contributed by atoms with Crippen LogP contribution in [0.1, 0.15) is 40.5 Å². The van der Waals surface area contributed by atoms with Gasteiger partial charge in [-0.2, -0.15) is 0 Å². The predicted octanol–water partition coefficient (Wildman–Crippen LogP) is 1.86. The molecule has 1 aliphatic carbocycles. The molecule has 2 N–H and O–H groups in total. The second-order valence-corrected chi connectivity index (χ2v) is 6.81. The van der Waals surface area contributed by atoms with Gasteiger partial charge < -0.3 is 15.4 Å². The van der Waals surface area contributed by atoms with E-state index in [0.717, 1.165) is 13.2 Å². The van der Waals surface area contributed by atoms with Crippen LogP contribution >= 0.6 is 0 Å². The Morgan fingerprint density at radius 2 is 2.06 bits per heavy atom. The van der Waals surface area contributed by atoms with Crippen LogP contribution in [0.3, 0.4) is 0 Å². The lowest BCUT2D eigenvalue weighted by atomic mass is 9.46. The molecule has 3 unspecified atom stereocenters. The molecule has 3 heteroatoms. The van der Waals surface area contributed by atoms with E-state index in [4.69, 9.17) is 10.5 Å². The van der Waals surface area contributed by atoms with Crippen molar-refractivity contribution in [3.05, 3.63) is 0 Å². The van der Waals surface area contributed by atoms with Gasteiger partial charge in [0.25, 0.3) is 0 Å². The highest BCUT2D eigenvalue weighted by Gasteiger charge is 2.66. The molecule has 17 heavy (non-hydrogen) atoms. The Balaban J connectivity index is 2.12. The number of fused-ring (bicyclic) bond motifs is 1. The Labute approximate surface area is 106 Å². The van der Waals surface area contributed by atoms with E-state index in [1.165, 1.54) is 12.8 Å². The summed E-state index contributed by atoms with van der Waals surface area (Å²) in [6.45, 7) is 10.9. The van der Waals surface area contributed by atoms with Crippen LogP contribution in [0.5, 0.6) is 0 Å². The Hall–Kier alpha value is -0.120. The van der Waals surface area contributed by atoms with Gasteiger partial charge in [-0.1, -0.05) is 13.8 Å². The molecule has 0 bridgehead atoms. The van der Waals surface area contributed by atoms with Crippen LogP contribution in [0.15, 0.2) is 0 Å². The SMILES string of the molecule is CC(C)N(C)CC1(N)C2CCCOC2C1(C)C. The van der Waals surface area contributed by atoms with Crippen LogP contribution < -0.4 is 5.73 Å². The zero-order valence-corrected chi connectivity index (χ0v) is 12.0. The first-order valence-corrected chi connectivity index (χ1v) is 6.91. The van der Waals surface area contributed by atoms with Crippen molar-refractivity contribution in [1.29, 1.82) is 0 Å². The van der Waals surface area contributed by atoms with Gasteiger partial charge in [0.05, 0.1) is 6.10 Å². The van der Waals surface area contributed by atoms with Crippen LogP contribution in [0.25, 0.3) is 0 Å². The Morgan fingerprint density at radius 1 is 1.41 bits per heavy atom. The lowest BCUT2D eigenvalue weighted by molar-refractivity contribution is -0.232. The highest BCUT2D eigenvalue weighted by Crippen LogP contribution is 2.57. The minimum atomic E-state index is -0.0862. The Kier molecular flexibility index (Phi) is 3.30. The van der Waals surface area contributed by atoms with Crippen molar-refractivity contribution in [1.82, 2.24) is 4.90 Å². The monoisotopic (exact) mass is 240 g/mol. The summed E-state index contributed by atoms with van der Waals surface area (Å²) in [5.41, 5.74) is 6.76. The number of nitrogens with zero attached hydrogens (tertiary/aromatic N) is 1. The summed E-state index contributed by atoms with van der Waals surface area (Å²) in [6.07, 6.45) is 2.78. The minimum absolute atomic E-state index is 0.0862. The highest BCUT2D eigenvalue weighted by molar-refractivity contribution is 5.20. The van der Waals surface area contributed by atoms with E-state index in [1.54, 1.807) is 0 Å². The zero-order valence-electron chi connectivity index (χ0n) is 12.0. The van der Waals surface area contributed by atoms with Gasteiger partial charge in [-0.05, 0) is 33.7 Å². The molecule has 2 rings (SSSR count). The molecule has 1 heterocycles. The maximum absolute atomic E-state index is 6.75. The molecule has 0 amide bonds. The van der Waals surface area contributed by atoms with E-state index >= 15 is 0 Å². The van der Waals surface area contributed by atoms with Crippen molar-refractivity contribution >= 4 is 0 Å². The maximum atomic E-state index is 6.75. The molecule has 3 nitrogen and oxygen atoms in total. The molecule has 1 aliphatic heterocycles. The van der Waals surface area contributed by atoms with Crippen molar-refractivity contribution in [2.24, 2.45) is 17.1 Å². The fourth-order valence-corrected chi connectivity index (χ4v) is 3.58. The number of nitrogens with two attached hydrogens (primary N) is 1. The number of rotatable bonds is 3. The van der Waals surface area contributed by atoms with Gasteiger partial charge in [-0.15, -0.1) is 0 Å². The van der Waals surface area contributed by atoms with E-state index in [0.29, 0.717) is 18.1 Å². The molecule has 0 aromatic carbocycles. The number of likely N-dealkylation sites (N-methyl/N-ethyl adjacent to an activating group) is 1. The molecular weight excluding hydrogens is 212 g/mol. The normalized spacial score (nSPS) is 40.2. The van der Waals surface area contributed by atoms with Gasteiger partial charge in [-0.25, -0.2) is 0 Å². The van der Waals surface area contributed by atoms with E-state index in [2.05, 4.69) is 39.6 Å². The van der Waals surface area contributed by atoms with Gasteiger partial charge in [-0.3, -0.25) is 0 Å². The number of ether oxygens (including phenoxy) is 1. The highest BCUT2D eigenvalue weighted by atomic mass is 16.5. The van der Waals surface area contributed by atoms with Crippen molar-refractivity contribution in [3.8, 4) is 0 Å². The maximum Gasteiger partial charge on any atom is 0.0690 e. The van der Waals surface area contributed by atoms with E-state index in [9.17, 15) is 0 Å². The van der Waals surface area contributed by atoms with Crippen molar-refractivity contribution < 1.29 is 4.74 Å². The van der Waals surface area contributed by atoms with Gasteiger partial charge >= 0.3 is 0 Å². The second-order valence-electron chi connectivity index (χ2n) is 6.81. The number of hydrogen-bond acceptors (Lipinski definition) is 3. The van der Waals surface area contributed by atoms with Gasteiger partial charge in [0.15, 0.2) is 0 Å². The van der Waals surface area contributed by atoms with Gasteiger partial charge in [0.1, 0.15) is 0 Å². The number of hydrogen-bond donors (Lipinski definition) is 1. The van der Waals surface area contributed by atoms with E-state index in [1.807, 2.05) is 0 Å². The molecule has 1 saturated carbocycles. The first-order chi connectivity index (χ1) is 7.80. The molecule has 0 aromatic rings. The van der Waals surface area contributed by atoms with Crippen molar-refractivity contribution in [3.63, 3.8) is 0 Å². The second kappa shape index (κ2) is 4.22. The third kappa shape index (κ3) is 1.83. The average molecular weight is 240 g/mol. The third-order valence-corrected chi connectivity index (χ3v) is 5.29. The summed E-state index contributed by atoms with van der Waals surface area (Å²) in [6, 6.07) is 0.551. The summed E-state index contributed by atoms with van der Waals surface area (Å²) in [5.74, 6) is 0.549. The quantitative estimate of drug-likeness (QED) is 0.818. The molecule has 0 aromatic heterocycles. The standard InChI is InChI=1S/C14H28N2O/c1-10(2)16(5)9-14(15)11-7-6-8-17-12(11)13(14,3)4/h10-12H,6-9,15H2,1-5H3.